The maximum Gasteiger partial charge on any atom is 0.199 e. The van der Waals surface area contributed by atoms with Gasteiger partial charge in [-0.1, -0.05) is 24.3 Å². The van der Waals surface area contributed by atoms with Crippen LogP contribution in [0.4, 0.5) is 0 Å². The van der Waals surface area contributed by atoms with Gasteiger partial charge in [0.1, 0.15) is 0 Å². The Labute approximate surface area is 97.7 Å². The minimum absolute atomic E-state index is 0.476. The molecule has 0 saturated carbocycles. The average Bonchev–Trinajstić information content (AvgIpc) is 2.25. The molecule has 2 aromatic carbocycles. The molecular formula is C12H6OS2. The fourth-order valence-electron chi connectivity index (χ4n) is 1.88. The van der Waals surface area contributed by atoms with Crippen LogP contribution in [0.1, 0.15) is 11.1 Å². The molecule has 0 saturated heterocycles. The molecule has 1 aliphatic heterocycles. The van der Waals surface area contributed by atoms with Crippen molar-refractivity contribution in [3.05, 3.63) is 47.5 Å². The lowest BCUT2D eigenvalue weighted by Gasteiger charge is -2.18. The van der Waals surface area contributed by atoms with Crippen LogP contribution < -0.4 is 0 Å². The Balaban J connectivity index is 2.56. The van der Waals surface area contributed by atoms with Crippen LogP contribution in [0.2, 0.25) is 0 Å². The summed E-state index contributed by atoms with van der Waals surface area (Å²) in [6.07, 6.45) is 0. The molecule has 0 unspecified atom stereocenters. The zero-order valence-corrected chi connectivity index (χ0v) is 9.32. The van der Waals surface area contributed by atoms with Crippen LogP contribution in [0.5, 0.6) is 0 Å². The highest BCUT2D eigenvalue weighted by Crippen LogP contribution is 2.29. The molecule has 0 bridgehead atoms. The SMILES string of the molecule is S=C1OC(=S)c2cccc3cccc1c23. The molecule has 0 radical (unpaired) electrons. The van der Waals surface area contributed by atoms with Crippen LogP contribution in [0.3, 0.4) is 0 Å². The van der Waals surface area contributed by atoms with E-state index in [4.69, 9.17) is 29.2 Å². The summed E-state index contributed by atoms with van der Waals surface area (Å²) in [7, 11) is 0. The highest BCUT2D eigenvalue weighted by Gasteiger charge is 2.20. The molecule has 0 fully saturated rings. The first kappa shape index (κ1) is 8.95. The summed E-state index contributed by atoms with van der Waals surface area (Å²) < 4.78 is 5.37. The predicted molar refractivity (Wildman–Crippen MR) is 68.4 cm³/mol. The first-order valence-electron chi connectivity index (χ1n) is 4.55. The van der Waals surface area contributed by atoms with Crippen LogP contribution in [0.15, 0.2) is 36.4 Å². The second kappa shape index (κ2) is 3.08. The second-order valence-corrected chi connectivity index (χ2v) is 4.13. The Morgan fingerprint density at radius 3 is 1.87 bits per heavy atom. The molecule has 72 valence electrons. The normalized spacial score (nSPS) is 14.1. The van der Waals surface area contributed by atoms with Crippen molar-refractivity contribution in [1.29, 1.82) is 0 Å². The van der Waals surface area contributed by atoms with Gasteiger partial charge >= 0.3 is 0 Å². The van der Waals surface area contributed by atoms with Gasteiger partial charge in [0.2, 0.25) is 0 Å². The Bertz CT molecular complexity index is 553. The zero-order chi connectivity index (χ0) is 10.4. The van der Waals surface area contributed by atoms with Crippen LogP contribution >= 0.6 is 24.4 Å². The number of ether oxygens (including phenoxy) is 1. The Morgan fingerprint density at radius 2 is 1.33 bits per heavy atom. The lowest BCUT2D eigenvalue weighted by Crippen LogP contribution is -2.17. The van der Waals surface area contributed by atoms with Gasteiger partial charge in [0.25, 0.3) is 0 Å². The lowest BCUT2D eigenvalue weighted by molar-refractivity contribution is 0.576. The molecule has 0 spiro atoms. The van der Waals surface area contributed by atoms with E-state index in [1.807, 2.05) is 24.3 Å². The smallest absolute Gasteiger partial charge is 0.199 e. The summed E-state index contributed by atoms with van der Waals surface area (Å²) in [4.78, 5) is 0. The molecule has 1 nitrogen and oxygen atoms in total. The summed E-state index contributed by atoms with van der Waals surface area (Å²) in [5.74, 6) is 0. The van der Waals surface area contributed by atoms with E-state index in [-0.39, 0.29) is 0 Å². The summed E-state index contributed by atoms with van der Waals surface area (Å²) in [6, 6.07) is 12.0. The Hall–Kier alpha value is -1.32. The number of hydrogen-bond acceptors (Lipinski definition) is 3. The quantitative estimate of drug-likeness (QED) is 0.643. The van der Waals surface area contributed by atoms with Gasteiger partial charge in [-0.2, -0.15) is 0 Å². The van der Waals surface area contributed by atoms with E-state index in [0.29, 0.717) is 10.1 Å². The van der Waals surface area contributed by atoms with E-state index in [0.717, 1.165) is 21.9 Å². The first-order valence-corrected chi connectivity index (χ1v) is 5.37. The molecule has 1 aliphatic rings. The van der Waals surface area contributed by atoms with Gasteiger partial charge in [-0.3, -0.25) is 0 Å². The van der Waals surface area contributed by atoms with Crippen molar-refractivity contribution in [3.63, 3.8) is 0 Å². The maximum absolute atomic E-state index is 5.37. The van der Waals surface area contributed by atoms with E-state index in [2.05, 4.69) is 12.1 Å². The average molecular weight is 230 g/mol. The molecule has 0 atom stereocenters. The number of hydrogen-bond donors (Lipinski definition) is 0. The highest BCUT2D eigenvalue weighted by atomic mass is 32.1. The second-order valence-electron chi connectivity index (χ2n) is 3.39. The van der Waals surface area contributed by atoms with Crippen LogP contribution in [0, 0.1) is 0 Å². The van der Waals surface area contributed by atoms with E-state index in [1.165, 1.54) is 0 Å². The highest BCUT2D eigenvalue weighted by molar-refractivity contribution is 7.82. The number of benzene rings is 2. The fraction of sp³-hybridized carbons (Fsp3) is 0. The molecule has 15 heavy (non-hydrogen) atoms. The molecule has 0 N–H and O–H groups in total. The summed E-state index contributed by atoms with van der Waals surface area (Å²) in [5.41, 5.74) is 1.93. The van der Waals surface area contributed by atoms with Crippen molar-refractivity contribution in [1.82, 2.24) is 0 Å². The van der Waals surface area contributed by atoms with E-state index in [1.54, 1.807) is 0 Å². The lowest BCUT2D eigenvalue weighted by atomic mass is 9.98. The van der Waals surface area contributed by atoms with Crippen molar-refractivity contribution < 1.29 is 4.74 Å². The van der Waals surface area contributed by atoms with Gasteiger partial charge in [0.05, 0.1) is 0 Å². The van der Waals surface area contributed by atoms with Gasteiger partial charge in [0, 0.05) is 16.5 Å². The van der Waals surface area contributed by atoms with Crippen molar-refractivity contribution in [2.45, 2.75) is 0 Å². The predicted octanol–water partition coefficient (Wildman–Crippen LogP) is 3.22. The molecule has 3 rings (SSSR count). The van der Waals surface area contributed by atoms with Crippen molar-refractivity contribution >= 4 is 45.3 Å². The van der Waals surface area contributed by atoms with Gasteiger partial charge in [0.15, 0.2) is 10.1 Å². The first-order chi connectivity index (χ1) is 7.27. The van der Waals surface area contributed by atoms with Crippen LogP contribution in [0.25, 0.3) is 10.8 Å². The maximum atomic E-state index is 5.37. The molecule has 0 aromatic heterocycles. The third kappa shape index (κ3) is 1.20. The Kier molecular flexibility index (Phi) is 1.84. The third-order valence-corrected chi connectivity index (χ3v) is 3.14. The number of rotatable bonds is 0. The zero-order valence-electron chi connectivity index (χ0n) is 7.69. The van der Waals surface area contributed by atoms with E-state index >= 15 is 0 Å². The number of thiocarbonyl (C=S) groups is 2. The van der Waals surface area contributed by atoms with Gasteiger partial charge in [-0.15, -0.1) is 0 Å². The molecular weight excluding hydrogens is 224 g/mol. The van der Waals surface area contributed by atoms with Crippen LogP contribution in [-0.2, 0) is 4.74 Å². The largest absolute Gasteiger partial charge is 0.433 e. The standard InChI is InChI=1S/C12H6OS2/c14-11-8-5-1-3-7-4-2-6-9(10(7)8)12(15)13-11/h1-6H. The molecule has 2 aromatic rings. The topological polar surface area (TPSA) is 9.23 Å². The molecule has 0 aliphatic carbocycles. The molecule has 1 heterocycles. The van der Waals surface area contributed by atoms with Crippen molar-refractivity contribution in [2.24, 2.45) is 0 Å². The fourth-order valence-corrected chi connectivity index (χ4v) is 2.43. The van der Waals surface area contributed by atoms with Gasteiger partial charge < -0.3 is 4.74 Å². The van der Waals surface area contributed by atoms with E-state index < -0.39 is 0 Å². The summed E-state index contributed by atoms with van der Waals surface area (Å²) in [6.45, 7) is 0. The molecule has 0 amide bonds. The summed E-state index contributed by atoms with van der Waals surface area (Å²) in [5, 5.41) is 3.22. The van der Waals surface area contributed by atoms with Gasteiger partial charge in [-0.05, 0) is 42.0 Å². The van der Waals surface area contributed by atoms with Crippen LogP contribution in [-0.4, -0.2) is 10.1 Å². The monoisotopic (exact) mass is 230 g/mol. The summed E-state index contributed by atoms with van der Waals surface area (Å²) >= 11 is 10.3. The van der Waals surface area contributed by atoms with Crippen molar-refractivity contribution in [2.75, 3.05) is 0 Å². The Morgan fingerprint density at radius 1 is 0.800 bits per heavy atom. The minimum Gasteiger partial charge on any atom is -0.433 e. The van der Waals surface area contributed by atoms with Gasteiger partial charge in [-0.25, -0.2) is 0 Å². The van der Waals surface area contributed by atoms with Crippen molar-refractivity contribution in [3.8, 4) is 0 Å². The third-order valence-electron chi connectivity index (χ3n) is 2.53. The minimum atomic E-state index is 0.476. The molecule has 3 heteroatoms. The van der Waals surface area contributed by atoms with E-state index in [9.17, 15) is 0 Å².